The summed E-state index contributed by atoms with van der Waals surface area (Å²) in [5, 5.41) is 3.18. The lowest BCUT2D eigenvalue weighted by Gasteiger charge is -2.30. The average molecular weight is 223 g/mol. The molecule has 0 atom stereocenters. The van der Waals surface area contributed by atoms with Crippen LogP contribution in [0.5, 0.6) is 5.75 Å². The second-order valence-corrected chi connectivity index (χ2v) is 4.18. The van der Waals surface area contributed by atoms with Crippen molar-refractivity contribution in [2.45, 2.75) is 25.4 Å². The molecule has 1 aromatic rings. The number of hydrogen-bond donors (Lipinski definition) is 1. The van der Waals surface area contributed by atoms with Crippen LogP contribution in [0.1, 0.15) is 25.3 Å². The Kier molecular flexibility index (Phi) is 3.44. The van der Waals surface area contributed by atoms with Gasteiger partial charge in [0.1, 0.15) is 11.4 Å². The van der Waals surface area contributed by atoms with Crippen LogP contribution in [0.2, 0.25) is 0 Å². The van der Waals surface area contributed by atoms with Crippen LogP contribution in [-0.2, 0) is 5.67 Å². The van der Waals surface area contributed by atoms with Crippen molar-refractivity contribution in [3.8, 4) is 5.75 Å². The molecule has 1 aliphatic rings. The predicted molar refractivity (Wildman–Crippen MR) is 62.5 cm³/mol. The van der Waals surface area contributed by atoms with Gasteiger partial charge in [-0.05, 0) is 50.6 Å². The van der Waals surface area contributed by atoms with Gasteiger partial charge in [0.25, 0.3) is 0 Å². The Morgan fingerprint density at radius 3 is 2.81 bits per heavy atom. The molecule has 88 valence electrons. The lowest BCUT2D eigenvalue weighted by molar-refractivity contribution is 0.115. The van der Waals surface area contributed by atoms with Crippen molar-refractivity contribution in [2.75, 3.05) is 19.7 Å². The number of nitrogens with one attached hydrogen (secondary N) is 1. The van der Waals surface area contributed by atoms with Crippen molar-refractivity contribution in [3.05, 3.63) is 29.8 Å². The highest BCUT2D eigenvalue weighted by Gasteiger charge is 2.33. The standard InChI is InChI=1S/C13H18FNO/c1-2-16-12-5-3-4-11(10-12)13(14)6-8-15-9-7-13/h3-5,10,15H,2,6-9H2,1H3. The molecule has 0 radical (unpaired) electrons. The minimum atomic E-state index is -1.18. The molecule has 0 amide bonds. The summed E-state index contributed by atoms with van der Waals surface area (Å²) in [7, 11) is 0. The van der Waals surface area contributed by atoms with Crippen LogP contribution in [0, 0.1) is 0 Å². The van der Waals surface area contributed by atoms with Crippen LogP contribution in [0.25, 0.3) is 0 Å². The smallest absolute Gasteiger partial charge is 0.138 e. The maximum atomic E-state index is 14.6. The monoisotopic (exact) mass is 223 g/mol. The van der Waals surface area contributed by atoms with Crippen molar-refractivity contribution >= 4 is 0 Å². The summed E-state index contributed by atoms with van der Waals surface area (Å²) >= 11 is 0. The fraction of sp³-hybridized carbons (Fsp3) is 0.538. The first kappa shape index (κ1) is 11.4. The first-order chi connectivity index (χ1) is 7.74. The third-order valence-electron chi connectivity index (χ3n) is 3.06. The molecule has 0 saturated carbocycles. The zero-order chi connectivity index (χ0) is 11.4. The maximum Gasteiger partial charge on any atom is 0.138 e. The Balaban J connectivity index is 2.21. The fourth-order valence-electron chi connectivity index (χ4n) is 2.14. The van der Waals surface area contributed by atoms with E-state index in [1.807, 2.05) is 31.2 Å². The van der Waals surface area contributed by atoms with Gasteiger partial charge in [-0.15, -0.1) is 0 Å². The van der Waals surface area contributed by atoms with E-state index in [-0.39, 0.29) is 0 Å². The van der Waals surface area contributed by atoms with E-state index in [0.29, 0.717) is 19.4 Å². The van der Waals surface area contributed by atoms with Crippen LogP contribution in [0.15, 0.2) is 24.3 Å². The SMILES string of the molecule is CCOc1cccc(C2(F)CCNCC2)c1. The molecule has 0 spiro atoms. The number of rotatable bonds is 3. The van der Waals surface area contributed by atoms with Crippen LogP contribution in [-0.4, -0.2) is 19.7 Å². The Morgan fingerprint density at radius 1 is 1.38 bits per heavy atom. The van der Waals surface area contributed by atoms with Gasteiger partial charge < -0.3 is 10.1 Å². The first-order valence-electron chi connectivity index (χ1n) is 5.87. The van der Waals surface area contributed by atoms with E-state index in [0.717, 1.165) is 24.4 Å². The summed E-state index contributed by atoms with van der Waals surface area (Å²) in [4.78, 5) is 0. The van der Waals surface area contributed by atoms with Crippen LogP contribution >= 0.6 is 0 Å². The average Bonchev–Trinajstić information content (AvgIpc) is 2.31. The van der Waals surface area contributed by atoms with Crippen molar-refractivity contribution in [2.24, 2.45) is 0 Å². The second kappa shape index (κ2) is 4.83. The van der Waals surface area contributed by atoms with Gasteiger partial charge in [0.15, 0.2) is 0 Å². The van der Waals surface area contributed by atoms with E-state index < -0.39 is 5.67 Å². The zero-order valence-corrected chi connectivity index (χ0v) is 9.63. The second-order valence-electron chi connectivity index (χ2n) is 4.18. The molecule has 0 unspecified atom stereocenters. The van der Waals surface area contributed by atoms with E-state index in [1.54, 1.807) is 0 Å². The van der Waals surface area contributed by atoms with Gasteiger partial charge in [-0.3, -0.25) is 0 Å². The molecule has 2 rings (SSSR count). The summed E-state index contributed by atoms with van der Waals surface area (Å²) in [5.74, 6) is 0.760. The lowest BCUT2D eigenvalue weighted by Crippen LogP contribution is -2.36. The number of piperidine rings is 1. The molecular weight excluding hydrogens is 205 g/mol. The van der Waals surface area contributed by atoms with E-state index in [2.05, 4.69) is 5.32 Å². The molecule has 1 aliphatic heterocycles. The van der Waals surface area contributed by atoms with Crippen LogP contribution in [0.4, 0.5) is 4.39 Å². The summed E-state index contributed by atoms with van der Waals surface area (Å²) in [5.41, 5.74) is -0.432. The molecule has 1 heterocycles. The third kappa shape index (κ3) is 2.35. The van der Waals surface area contributed by atoms with Gasteiger partial charge in [-0.1, -0.05) is 12.1 Å². The normalized spacial score (nSPS) is 19.4. The number of ether oxygens (including phenoxy) is 1. The van der Waals surface area contributed by atoms with E-state index in [9.17, 15) is 4.39 Å². The van der Waals surface area contributed by atoms with E-state index >= 15 is 0 Å². The molecule has 0 bridgehead atoms. The number of hydrogen-bond acceptors (Lipinski definition) is 2. The quantitative estimate of drug-likeness (QED) is 0.850. The molecule has 1 fully saturated rings. The van der Waals surface area contributed by atoms with Gasteiger partial charge in [-0.2, -0.15) is 0 Å². The van der Waals surface area contributed by atoms with Gasteiger partial charge in [-0.25, -0.2) is 4.39 Å². The molecule has 1 saturated heterocycles. The minimum Gasteiger partial charge on any atom is -0.494 e. The van der Waals surface area contributed by atoms with Gasteiger partial charge in [0.05, 0.1) is 6.61 Å². The number of benzene rings is 1. The zero-order valence-electron chi connectivity index (χ0n) is 9.63. The van der Waals surface area contributed by atoms with E-state index in [1.165, 1.54) is 0 Å². The highest BCUT2D eigenvalue weighted by molar-refractivity contribution is 5.32. The van der Waals surface area contributed by atoms with Gasteiger partial charge in [0, 0.05) is 0 Å². The van der Waals surface area contributed by atoms with Gasteiger partial charge in [0.2, 0.25) is 0 Å². The maximum absolute atomic E-state index is 14.6. The fourth-order valence-corrected chi connectivity index (χ4v) is 2.14. The molecule has 0 aliphatic carbocycles. The Bertz CT molecular complexity index is 348. The summed E-state index contributed by atoms with van der Waals surface area (Å²) in [6.45, 7) is 4.04. The number of halogens is 1. The van der Waals surface area contributed by atoms with Crippen molar-refractivity contribution in [1.82, 2.24) is 5.32 Å². The lowest BCUT2D eigenvalue weighted by atomic mass is 9.87. The topological polar surface area (TPSA) is 21.3 Å². The van der Waals surface area contributed by atoms with Crippen molar-refractivity contribution in [3.63, 3.8) is 0 Å². The Labute approximate surface area is 95.8 Å². The predicted octanol–water partition coefficient (Wildman–Crippen LogP) is 2.63. The molecule has 16 heavy (non-hydrogen) atoms. The Hall–Kier alpha value is -1.09. The highest BCUT2D eigenvalue weighted by Crippen LogP contribution is 2.36. The minimum absolute atomic E-state index is 0.544. The summed E-state index contributed by atoms with van der Waals surface area (Å²) in [6.07, 6.45) is 1.09. The summed E-state index contributed by atoms with van der Waals surface area (Å²) in [6, 6.07) is 7.42. The van der Waals surface area contributed by atoms with Crippen LogP contribution < -0.4 is 10.1 Å². The van der Waals surface area contributed by atoms with Crippen LogP contribution in [0.3, 0.4) is 0 Å². The molecule has 1 N–H and O–H groups in total. The largest absolute Gasteiger partial charge is 0.494 e. The molecule has 3 heteroatoms. The first-order valence-corrected chi connectivity index (χ1v) is 5.87. The number of alkyl halides is 1. The molecule has 2 nitrogen and oxygen atoms in total. The highest BCUT2D eigenvalue weighted by atomic mass is 19.1. The van der Waals surface area contributed by atoms with Crippen molar-refractivity contribution < 1.29 is 9.13 Å². The molecule has 1 aromatic carbocycles. The van der Waals surface area contributed by atoms with Gasteiger partial charge >= 0.3 is 0 Å². The van der Waals surface area contributed by atoms with Crippen molar-refractivity contribution in [1.29, 1.82) is 0 Å². The van der Waals surface area contributed by atoms with E-state index in [4.69, 9.17) is 4.74 Å². The molecular formula is C13H18FNO. The third-order valence-corrected chi connectivity index (χ3v) is 3.06. The molecule has 0 aromatic heterocycles. The summed E-state index contributed by atoms with van der Waals surface area (Å²) < 4.78 is 20.0. The Morgan fingerprint density at radius 2 is 2.12 bits per heavy atom.